The first kappa shape index (κ1) is 11.4. The van der Waals surface area contributed by atoms with Crippen LogP contribution in [0, 0.1) is 6.92 Å². The summed E-state index contributed by atoms with van der Waals surface area (Å²) in [5.74, 6) is -0.122. The van der Waals surface area contributed by atoms with E-state index in [4.69, 9.17) is 10.6 Å². The van der Waals surface area contributed by atoms with Crippen molar-refractivity contribution in [3.63, 3.8) is 0 Å². The van der Waals surface area contributed by atoms with Crippen LogP contribution in [-0.2, 0) is 4.84 Å². The Hall–Kier alpha value is -1.07. The smallest absolute Gasteiger partial charge is 0.277 e. The number of hydrogen-bond acceptors (Lipinski definition) is 3. The highest BCUT2D eigenvalue weighted by atomic mass is 79.9. The zero-order valence-electron chi connectivity index (χ0n) is 9.00. The SMILES string of the molecule is Cc1c(N)cc(Br)cc1C(=O)N1CCCO1. The third-order valence-corrected chi connectivity index (χ3v) is 3.08. The number of anilines is 1. The van der Waals surface area contributed by atoms with Crippen LogP contribution in [0.4, 0.5) is 5.69 Å². The summed E-state index contributed by atoms with van der Waals surface area (Å²) in [6, 6.07) is 3.56. The Morgan fingerprint density at radius 1 is 1.56 bits per heavy atom. The maximum absolute atomic E-state index is 12.1. The number of hydroxylamine groups is 2. The van der Waals surface area contributed by atoms with Crippen LogP contribution in [-0.4, -0.2) is 24.1 Å². The molecule has 0 spiro atoms. The Morgan fingerprint density at radius 2 is 2.31 bits per heavy atom. The van der Waals surface area contributed by atoms with Crippen molar-refractivity contribution >= 4 is 27.5 Å². The first-order chi connectivity index (χ1) is 7.59. The molecule has 1 fully saturated rings. The van der Waals surface area contributed by atoms with E-state index in [-0.39, 0.29) is 5.91 Å². The molecule has 0 atom stereocenters. The third-order valence-electron chi connectivity index (χ3n) is 2.62. The second kappa shape index (κ2) is 4.43. The fourth-order valence-electron chi connectivity index (χ4n) is 1.66. The summed E-state index contributed by atoms with van der Waals surface area (Å²) in [4.78, 5) is 17.3. The lowest BCUT2D eigenvalue weighted by Gasteiger charge is -2.16. The molecule has 1 aromatic rings. The number of hydrogen-bond donors (Lipinski definition) is 1. The number of carbonyl (C=O) groups is 1. The van der Waals surface area contributed by atoms with Crippen molar-refractivity contribution in [2.45, 2.75) is 13.3 Å². The third kappa shape index (κ3) is 2.05. The predicted molar refractivity (Wildman–Crippen MR) is 64.9 cm³/mol. The Balaban J connectivity index is 2.35. The molecule has 0 radical (unpaired) electrons. The van der Waals surface area contributed by atoms with E-state index < -0.39 is 0 Å². The summed E-state index contributed by atoms with van der Waals surface area (Å²) >= 11 is 3.33. The zero-order valence-corrected chi connectivity index (χ0v) is 10.6. The second-order valence-electron chi connectivity index (χ2n) is 3.76. The molecule has 16 heavy (non-hydrogen) atoms. The van der Waals surface area contributed by atoms with E-state index in [2.05, 4.69) is 15.9 Å². The summed E-state index contributed by atoms with van der Waals surface area (Å²) in [6.45, 7) is 3.09. The van der Waals surface area contributed by atoms with Gasteiger partial charge in [0.15, 0.2) is 0 Å². The number of amides is 1. The van der Waals surface area contributed by atoms with Crippen molar-refractivity contribution < 1.29 is 9.63 Å². The summed E-state index contributed by atoms with van der Waals surface area (Å²) in [5.41, 5.74) is 7.81. The van der Waals surface area contributed by atoms with E-state index in [0.29, 0.717) is 24.4 Å². The maximum Gasteiger partial charge on any atom is 0.277 e. The van der Waals surface area contributed by atoms with Gasteiger partial charge in [-0.05, 0) is 31.0 Å². The zero-order chi connectivity index (χ0) is 11.7. The molecule has 1 aliphatic rings. The number of carbonyl (C=O) groups excluding carboxylic acids is 1. The van der Waals surface area contributed by atoms with Crippen LogP contribution in [0.25, 0.3) is 0 Å². The van der Waals surface area contributed by atoms with Crippen molar-refractivity contribution in [1.82, 2.24) is 5.06 Å². The minimum atomic E-state index is -0.122. The highest BCUT2D eigenvalue weighted by Gasteiger charge is 2.23. The average molecular weight is 285 g/mol. The molecule has 2 N–H and O–H groups in total. The van der Waals surface area contributed by atoms with Crippen LogP contribution in [0.1, 0.15) is 22.3 Å². The van der Waals surface area contributed by atoms with E-state index in [1.54, 1.807) is 12.1 Å². The molecule has 1 heterocycles. The quantitative estimate of drug-likeness (QED) is 0.804. The molecular formula is C11H13BrN2O2. The van der Waals surface area contributed by atoms with Crippen LogP contribution < -0.4 is 5.73 Å². The van der Waals surface area contributed by atoms with Crippen LogP contribution in [0.2, 0.25) is 0 Å². The summed E-state index contributed by atoms with van der Waals surface area (Å²) < 4.78 is 0.804. The molecule has 0 bridgehead atoms. The number of halogens is 1. The molecule has 1 aliphatic heterocycles. The normalized spacial score (nSPS) is 15.5. The lowest BCUT2D eigenvalue weighted by atomic mass is 10.1. The lowest BCUT2D eigenvalue weighted by molar-refractivity contribution is -0.0768. The first-order valence-electron chi connectivity index (χ1n) is 5.10. The van der Waals surface area contributed by atoms with Crippen molar-refractivity contribution in [3.05, 3.63) is 27.7 Å². The van der Waals surface area contributed by atoms with Crippen molar-refractivity contribution in [2.24, 2.45) is 0 Å². The molecule has 1 saturated heterocycles. The van der Waals surface area contributed by atoms with Crippen LogP contribution in [0.5, 0.6) is 0 Å². The average Bonchev–Trinajstić information content (AvgIpc) is 2.75. The number of rotatable bonds is 1. The highest BCUT2D eigenvalue weighted by Crippen LogP contribution is 2.24. The van der Waals surface area contributed by atoms with Crippen LogP contribution in [0.3, 0.4) is 0 Å². The van der Waals surface area contributed by atoms with Gasteiger partial charge in [0.1, 0.15) is 0 Å². The van der Waals surface area contributed by atoms with Crippen LogP contribution in [0.15, 0.2) is 16.6 Å². The molecule has 0 aliphatic carbocycles. The Morgan fingerprint density at radius 3 is 2.94 bits per heavy atom. The number of nitrogen functional groups attached to an aromatic ring is 1. The van der Waals surface area contributed by atoms with E-state index in [1.165, 1.54) is 5.06 Å². The number of benzene rings is 1. The van der Waals surface area contributed by atoms with Gasteiger partial charge in [-0.1, -0.05) is 15.9 Å². The topological polar surface area (TPSA) is 55.6 Å². The monoisotopic (exact) mass is 284 g/mol. The second-order valence-corrected chi connectivity index (χ2v) is 4.68. The molecule has 1 amide bonds. The molecule has 1 aromatic carbocycles. The summed E-state index contributed by atoms with van der Waals surface area (Å²) in [7, 11) is 0. The van der Waals surface area contributed by atoms with Gasteiger partial charge in [0.25, 0.3) is 5.91 Å². The molecule has 4 nitrogen and oxygen atoms in total. The van der Waals surface area contributed by atoms with Gasteiger partial charge in [0, 0.05) is 15.7 Å². The summed E-state index contributed by atoms with van der Waals surface area (Å²) in [6.07, 6.45) is 0.883. The van der Waals surface area contributed by atoms with Gasteiger partial charge in [-0.3, -0.25) is 9.63 Å². The van der Waals surface area contributed by atoms with Crippen molar-refractivity contribution in [1.29, 1.82) is 0 Å². The van der Waals surface area contributed by atoms with E-state index >= 15 is 0 Å². The molecule has 86 valence electrons. The fourth-order valence-corrected chi connectivity index (χ4v) is 2.14. The molecule has 5 heteroatoms. The molecular weight excluding hydrogens is 272 g/mol. The van der Waals surface area contributed by atoms with E-state index in [1.807, 2.05) is 6.92 Å². The van der Waals surface area contributed by atoms with Gasteiger partial charge in [-0.25, -0.2) is 5.06 Å². The van der Waals surface area contributed by atoms with E-state index in [9.17, 15) is 4.79 Å². The summed E-state index contributed by atoms with van der Waals surface area (Å²) in [5, 5.41) is 1.40. The molecule has 0 saturated carbocycles. The number of nitrogens with two attached hydrogens (primary N) is 1. The largest absolute Gasteiger partial charge is 0.398 e. The van der Waals surface area contributed by atoms with E-state index in [0.717, 1.165) is 16.5 Å². The van der Waals surface area contributed by atoms with Gasteiger partial charge < -0.3 is 5.73 Å². The molecule has 0 unspecified atom stereocenters. The molecule has 0 aromatic heterocycles. The minimum Gasteiger partial charge on any atom is -0.398 e. The van der Waals surface area contributed by atoms with Crippen molar-refractivity contribution in [3.8, 4) is 0 Å². The van der Waals surface area contributed by atoms with Gasteiger partial charge >= 0.3 is 0 Å². The Labute approximate surface area is 102 Å². The Bertz CT molecular complexity index is 428. The van der Waals surface area contributed by atoms with Gasteiger partial charge in [-0.15, -0.1) is 0 Å². The minimum absolute atomic E-state index is 0.122. The first-order valence-corrected chi connectivity index (χ1v) is 5.89. The van der Waals surface area contributed by atoms with Gasteiger partial charge in [0.05, 0.1) is 13.2 Å². The van der Waals surface area contributed by atoms with Crippen LogP contribution >= 0.6 is 15.9 Å². The Kier molecular flexibility index (Phi) is 3.16. The van der Waals surface area contributed by atoms with Crippen molar-refractivity contribution in [2.75, 3.05) is 18.9 Å². The maximum atomic E-state index is 12.1. The standard InChI is InChI=1S/C11H13BrN2O2/c1-7-9(5-8(12)6-10(7)13)11(15)14-3-2-4-16-14/h5-6H,2-4,13H2,1H3. The van der Waals surface area contributed by atoms with Gasteiger partial charge in [-0.2, -0.15) is 0 Å². The fraction of sp³-hybridized carbons (Fsp3) is 0.364. The predicted octanol–water partition coefficient (Wildman–Crippen LogP) is 2.12. The van der Waals surface area contributed by atoms with Gasteiger partial charge in [0.2, 0.25) is 0 Å². The lowest BCUT2D eigenvalue weighted by Crippen LogP contribution is -2.27. The highest BCUT2D eigenvalue weighted by molar-refractivity contribution is 9.10. The number of nitrogens with zero attached hydrogens (tertiary/aromatic N) is 1. The molecule has 2 rings (SSSR count).